The van der Waals surface area contributed by atoms with Crippen molar-refractivity contribution in [3.63, 3.8) is 0 Å². The second-order valence-corrected chi connectivity index (χ2v) is 6.20. The molecule has 2 aromatic rings. The molecule has 0 radical (unpaired) electrons. The highest BCUT2D eigenvalue weighted by Gasteiger charge is 2.19. The van der Waals surface area contributed by atoms with E-state index in [4.69, 9.17) is 5.73 Å². The van der Waals surface area contributed by atoms with Gasteiger partial charge in [-0.3, -0.25) is 9.59 Å². The van der Waals surface area contributed by atoms with Crippen LogP contribution in [0.3, 0.4) is 0 Å². The first-order chi connectivity index (χ1) is 12.6. The SMILES string of the molecule is CNC(=O)c1cnc(NC2CCCC2)nc1Nc1ccccc1C(N)=O. The third-order valence-corrected chi connectivity index (χ3v) is 4.39. The highest BCUT2D eigenvalue weighted by Crippen LogP contribution is 2.25. The Bertz CT molecular complexity index is 817. The lowest BCUT2D eigenvalue weighted by Gasteiger charge is -2.16. The van der Waals surface area contributed by atoms with Gasteiger partial charge in [0, 0.05) is 19.3 Å². The van der Waals surface area contributed by atoms with E-state index in [0.717, 1.165) is 12.8 Å². The lowest BCUT2D eigenvalue weighted by molar-refractivity contribution is 0.0962. The zero-order valence-corrected chi connectivity index (χ0v) is 14.6. The van der Waals surface area contributed by atoms with Crippen LogP contribution >= 0.6 is 0 Å². The van der Waals surface area contributed by atoms with Crippen LogP contribution in [0.4, 0.5) is 17.5 Å². The Kier molecular flexibility index (Phi) is 5.31. The van der Waals surface area contributed by atoms with Crippen LogP contribution in [0.2, 0.25) is 0 Å². The molecule has 8 heteroatoms. The fraction of sp³-hybridized carbons (Fsp3) is 0.333. The van der Waals surface area contributed by atoms with Crippen molar-refractivity contribution in [1.29, 1.82) is 0 Å². The van der Waals surface area contributed by atoms with Crippen LogP contribution in [0.5, 0.6) is 0 Å². The highest BCUT2D eigenvalue weighted by molar-refractivity contribution is 6.02. The van der Waals surface area contributed by atoms with Gasteiger partial charge < -0.3 is 21.7 Å². The minimum absolute atomic E-state index is 0.281. The molecule has 0 saturated heterocycles. The molecule has 0 atom stereocenters. The molecule has 0 unspecified atom stereocenters. The molecule has 26 heavy (non-hydrogen) atoms. The van der Waals surface area contributed by atoms with Crippen LogP contribution in [-0.2, 0) is 0 Å². The number of anilines is 3. The minimum atomic E-state index is -0.562. The molecule has 2 amide bonds. The third-order valence-electron chi connectivity index (χ3n) is 4.39. The average Bonchev–Trinajstić information content (AvgIpc) is 3.14. The van der Waals surface area contributed by atoms with Gasteiger partial charge in [0.1, 0.15) is 11.4 Å². The van der Waals surface area contributed by atoms with E-state index >= 15 is 0 Å². The van der Waals surface area contributed by atoms with E-state index in [2.05, 4.69) is 25.9 Å². The molecular weight excluding hydrogens is 332 g/mol. The summed E-state index contributed by atoms with van der Waals surface area (Å²) in [5.41, 5.74) is 6.51. The molecular formula is C18H22N6O2. The standard InChI is InChI=1S/C18H22N6O2/c1-20-17(26)13-10-21-18(22-11-6-2-3-7-11)24-16(13)23-14-9-5-4-8-12(14)15(19)25/h4-5,8-11H,2-3,6-7H2,1H3,(H2,19,25)(H,20,26)(H2,21,22,23,24). The lowest BCUT2D eigenvalue weighted by Crippen LogP contribution is -2.22. The van der Waals surface area contributed by atoms with Crippen molar-refractivity contribution < 1.29 is 9.59 Å². The maximum absolute atomic E-state index is 12.2. The lowest BCUT2D eigenvalue weighted by atomic mass is 10.1. The van der Waals surface area contributed by atoms with Crippen LogP contribution in [0.15, 0.2) is 30.5 Å². The molecule has 1 aromatic carbocycles. The fourth-order valence-corrected chi connectivity index (χ4v) is 3.03. The second kappa shape index (κ2) is 7.81. The predicted molar refractivity (Wildman–Crippen MR) is 99.5 cm³/mol. The van der Waals surface area contributed by atoms with Gasteiger partial charge in [0.2, 0.25) is 5.95 Å². The molecule has 1 saturated carbocycles. The van der Waals surface area contributed by atoms with E-state index in [1.54, 1.807) is 24.3 Å². The first-order valence-electron chi connectivity index (χ1n) is 8.60. The number of benzene rings is 1. The van der Waals surface area contributed by atoms with Crippen molar-refractivity contribution in [2.24, 2.45) is 5.73 Å². The number of nitrogens with zero attached hydrogens (tertiary/aromatic N) is 2. The average molecular weight is 354 g/mol. The first-order valence-corrected chi connectivity index (χ1v) is 8.60. The summed E-state index contributed by atoms with van der Waals surface area (Å²) in [7, 11) is 1.54. The van der Waals surface area contributed by atoms with Gasteiger partial charge in [0.05, 0.1) is 11.3 Å². The van der Waals surface area contributed by atoms with E-state index < -0.39 is 5.91 Å². The van der Waals surface area contributed by atoms with E-state index in [0.29, 0.717) is 29.1 Å². The molecule has 1 heterocycles. The minimum Gasteiger partial charge on any atom is -0.366 e. The molecule has 1 aliphatic rings. The van der Waals surface area contributed by atoms with Crippen molar-refractivity contribution in [3.05, 3.63) is 41.6 Å². The van der Waals surface area contributed by atoms with Crippen LogP contribution in [-0.4, -0.2) is 34.9 Å². The highest BCUT2D eigenvalue weighted by atomic mass is 16.2. The molecule has 0 spiro atoms. The van der Waals surface area contributed by atoms with Gasteiger partial charge in [-0.25, -0.2) is 4.98 Å². The summed E-state index contributed by atoms with van der Waals surface area (Å²) in [5, 5.41) is 8.92. The molecule has 0 aliphatic heterocycles. The summed E-state index contributed by atoms with van der Waals surface area (Å²) in [4.78, 5) is 32.5. The fourth-order valence-electron chi connectivity index (χ4n) is 3.03. The Labute approximate surface area is 151 Å². The van der Waals surface area contributed by atoms with E-state index in [9.17, 15) is 9.59 Å². The largest absolute Gasteiger partial charge is 0.366 e. The van der Waals surface area contributed by atoms with E-state index in [1.807, 2.05) is 0 Å². The summed E-state index contributed by atoms with van der Waals surface area (Å²) in [6.45, 7) is 0. The number of nitrogens with one attached hydrogen (secondary N) is 3. The van der Waals surface area contributed by atoms with Crippen molar-refractivity contribution in [3.8, 4) is 0 Å². The van der Waals surface area contributed by atoms with Gasteiger partial charge in [0.15, 0.2) is 0 Å². The van der Waals surface area contributed by atoms with Crippen molar-refractivity contribution >= 4 is 29.3 Å². The van der Waals surface area contributed by atoms with Crippen LogP contribution in [0.25, 0.3) is 0 Å². The van der Waals surface area contributed by atoms with Gasteiger partial charge in [0.25, 0.3) is 11.8 Å². The first kappa shape index (κ1) is 17.7. The number of carbonyl (C=O) groups is 2. The van der Waals surface area contributed by atoms with Crippen molar-refractivity contribution in [1.82, 2.24) is 15.3 Å². The predicted octanol–water partition coefficient (Wildman–Crippen LogP) is 2.03. The van der Waals surface area contributed by atoms with Gasteiger partial charge >= 0.3 is 0 Å². The number of rotatable bonds is 6. The maximum atomic E-state index is 12.2. The summed E-state index contributed by atoms with van der Waals surface area (Å²) in [5.74, 6) is -0.124. The topological polar surface area (TPSA) is 122 Å². The van der Waals surface area contributed by atoms with Crippen molar-refractivity contribution in [2.45, 2.75) is 31.7 Å². The Morgan fingerprint density at radius 1 is 1.15 bits per heavy atom. The van der Waals surface area contributed by atoms with Crippen molar-refractivity contribution in [2.75, 3.05) is 17.7 Å². The molecule has 1 fully saturated rings. The van der Waals surface area contributed by atoms with Gasteiger partial charge in [-0.1, -0.05) is 25.0 Å². The summed E-state index contributed by atoms with van der Waals surface area (Å²) in [6.07, 6.45) is 6.00. The van der Waals surface area contributed by atoms with E-state index in [1.165, 1.54) is 26.1 Å². The Morgan fingerprint density at radius 3 is 2.58 bits per heavy atom. The number of hydrogen-bond acceptors (Lipinski definition) is 6. The summed E-state index contributed by atoms with van der Waals surface area (Å²) >= 11 is 0. The summed E-state index contributed by atoms with van der Waals surface area (Å²) < 4.78 is 0. The molecule has 0 bridgehead atoms. The molecule has 1 aliphatic carbocycles. The quantitative estimate of drug-likeness (QED) is 0.630. The molecule has 8 nitrogen and oxygen atoms in total. The maximum Gasteiger partial charge on any atom is 0.256 e. The zero-order chi connectivity index (χ0) is 18.5. The van der Waals surface area contributed by atoms with E-state index in [-0.39, 0.29) is 11.5 Å². The molecule has 136 valence electrons. The van der Waals surface area contributed by atoms with Crippen LogP contribution < -0.4 is 21.7 Å². The number of hydrogen-bond donors (Lipinski definition) is 4. The Morgan fingerprint density at radius 2 is 1.88 bits per heavy atom. The molecule has 3 rings (SSSR count). The number of nitrogens with two attached hydrogens (primary N) is 1. The Hall–Kier alpha value is -3.16. The normalized spacial score (nSPS) is 14.0. The number of amides is 2. The van der Waals surface area contributed by atoms with Crippen LogP contribution in [0, 0.1) is 0 Å². The van der Waals surface area contributed by atoms with Gasteiger partial charge in [-0.2, -0.15) is 4.98 Å². The third kappa shape index (κ3) is 3.90. The van der Waals surface area contributed by atoms with Gasteiger partial charge in [-0.15, -0.1) is 0 Å². The smallest absolute Gasteiger partial charge is 0.256 e. The Balaban J connectivity index is 1.94. The number of para-hydroxylation sites is 1. The number of carbonyl (C=O) groups excluding carboxylic acids is 2. The van der Waals surface area contributed by atoms with Crippen LogP contribution in [0.1, 0.15) is 46.4 Å². The second-order valence-electron chi connectivity index (χ2n) is 6.20. The van der Waals surface area contributed by atoms with Gasteiger partial charge in [-0.05, 0) is 25.0 Å². The number of aromatic nitrogens is 2. The molecule has 5 N–H and O–H groups in total. The number of primary amides is 1. The molecule has 1 aromatic heterocycles. The zero-order valence-electron chi connectivity index (χ0n) is 14.6. The summed E-state index contributed by atoms with van der Waals surface area (Å²) in [6, 6.07) is 7.15. The monoisotopic (exact) mass is 354 g/mol.